The van der Waals surface area contributed by atoms with E-state index in [9.17, 15) is 9.59 Å². The van der Waals surface area contributed by atoms with Crippen LogP contribution in [0.3, 0.4) is 0 Å². The summed E-state index contributed by atoms with van der Waals surface area (Å²) < 4.78 is 0. The van der Waals surface area contributed by atoms with Crippen LogP contribution >= 0.6 is 0 Å². The molecule has 0 radical (unpaired) electrons. The molecule has 92 valence electrons. The van der Waals surface area contributed by atoms with Gasteiger partial charge in [0.1, 0.15) is 11.2 Å². The average molecular weight is 245 g/mol. The molecule has 0 aromatic carbocycles. The number of azide groups is 1. The average Bonchev–Trinajstić information content (AvgIpc) is 2.41. The van der Waals surface area contributed by atoms with E-state index in [4.69, 9.17) is 5.53 Å². The Hall–Kier alpha value is -2.40. The maximum atomic E-state index is 12.3. The van der Waals surface area contributed by atoms with Crippen LogP contribution in [0.4, 0.5) is 5.82 Å². The van der Waals surface area contributed by atoms with Gasteiger partial charge in [-0.2, -0.15) is 0 Å². The van der Waals surface area contributed by atoms with Gasteiger partial charge in [0, 0.05) is 24.7 Å². The number of hydrogen-bond acceptors (Lipinski definition) is 4. The fourth-order valence-electron chi connectivity index (χ4n) is 2.01. The minimum Gasteiger partial charge on any atom is -0.298 e. The van der Waals surface area contributed by atoms with Crippen LogP contribution < -0.4 is 4.90 Å². The quantitative estimate of drug-likeness (QED) is 0.342. The molecular weight excluding hydrogens is 234 g/mol. The fourth-order valence-corrected chi connectivity index (χ4v) is 2.01. The lowest BCUT2D eigenvalue weighted by Crippen LogP contribution is -2.52. The molecule has 1 atom stereocenters. The highest BCUT2D eigenvalue weighted by atomic mass is 16.2. The standard InChI is InChI=1S/C11H11N5O2/c1-11(6-14-15-12)8(17)7-4-3-5-13-9(7)16(2)10(11)18/h3-5H,6H2,1-2H3. The van der Waals surface area contributed by atoms with Crippen LogP contribution in [0.2, 0.25) is 0 Å². The van der Waals surface area contributed by atoms with Crippen LogP contribution in [-0.2, 0) is 4.79 Å². The Labute approximate surface area is 103 Å². The van der Waals surface area contributed by atoms with Gasteiger partial charge in [0.2, 0.25) is 5.91 Å². The monoisotopic (exact) mass is 245 g/mol. The van der Waals surface area contributed by atoms with Crippen molar-refractivity contribution in [2.75, 3.05) is 18.5 Å². The molecule has 1 aliphatic rings. The predicted molar refractivity (Wildman–Crippen MR) is 64.1 cm³/mol. The predicted octanol–water partition coefficient (Wildman–Crippen LogP) is 1.56. The number of amides is 1. The van der Waals surface area contributed by atoms with E-state index >= 15 is 0 Å². The van der Waals surface area contributed by atoms with Gasteiger partial charge in [-0.1, -0.05) is 5.11 Å². The maximum Gasteiger partial charge on any atom is 0.241 e. The number of rotatable bonds is 2. The zero-order valence-corrected chi connectivity index (χ0v) is 9.99. The highest BCUT2D eigenvalue weighted by molar-refractivity contribution is 6.24. The molecule has 0 spiro atoms. The van der Waals surface area contributed by atoms with Gasteiger partial charge in [0.15, 0.2) is 5.78 Å². The van der Waals surface area contributed by atoms with E-state index in [0.29, 0.717) is 11.4 Å². The largest absolute Gasteiger partial charge is 0.298 e. The van der Waals surface area contributed by atoms with Gasteiger partial charge >= 0.3 is 0 Å². The molecule has 0 aliphatic carbocycles. The molecule has 1 amide bonds. The molecule has 1 aromatic rings. The SMILES string of the molecule is CN1C(=O)C(C)(CN=[N+]=[N-])C(=O)c2cccnc21. The van der Waals surface area contributed by atoms with Crippen LogP contribution in [0.15, 0.2) is 23.4 Å². The fraction of sp³-hybridized carbons (Fsp3) is 0.364. The van der Waals surface area contributed by atoms with Gasteiger partial charge in [-0.05, 0) is 24.6 Å². The van der Waals surface area contributed by atoms with Crippen LogP contribution in [-0.4, -0.2) is 30.3 Å². The molecule has 7 nitrogen and oxygen atoms in total. The summed E-state index contributed by atoms with van der Waals surface area (Å²) in [6.07, 6.45) is 1.52. The lowest BCUT2D eigenvalue weighted by atomic mass is 9.78. The van der Waals surface area contributed by atoms with Crippen molar-refractivity contribution in [3.05, 3.63) is 34.3 Å². The first-order chi connectivity index (χ1) is 8.52. The second-order valence-corrected chi connectivity index (χ2v) is 4.29. The van der Waals surface area contributed by atoms with Crippen molar-refractivity contribution < 1.29 is 9.59 Å². The van der Waals surface area contributed by atoms with Crippen LogP contribution in [0.5, 0.6) is 0 Å². The molecule has 1 aromatic heterocycles. The van der Waals surface area contributed by atoms with Gasteiger partial charge in [0.05, 0.1) is 5.56 Å². The number of hydrogen-bond donors (Lipinski definition) is 0. The Morgan fingerprint density at radius 3 is 2.94 bits per heavy atom. The van der Waals surface area contributed by atoms with Crippen molar-refractivity contribution in [1.29, 1.82) is 0 Å². The van der Waals surface area contributed by atoms with Gasteiger partial charge in [0.25, 0.3) is 0 Å². The first kappa shape index (κ1) is 12.1. The second-order valence-electron chi connectivity index (χ2n) is 4.29. The maximum absolute atomic E-state index is 12.3. The summed E-state index contributed by atoms with van der Waals surface area (Å²) in [6.45, 7) is 1.29. The molecule has 0 bridgehead atoms. The van der Waals surface area contributed by atoms with Crippen LogP contribution in [0.25, 0.3) is 10.4 Å². The van der Waals surface area contributed by atoms with Crippen molar-refractivity contribution in [2.45, 2.75) is 6.92 Å². The minimum absolute atomic E-state index is 0.195. The Morgan fingerprint density at radius 1 is 1.56 bits per heavy atom. The topological polar surface area (TPSA) is 99.0 Å². The summed E-state index contributed by atoms with van der Waals surface area (Å²) in [5.41, 5.74) is 7.38. The Kier molecular flexibility index (Phi) is 2.76. The van der Waals surface area contributed by atoms with E-state index in [2.05, 4.69) is 15.0 Å². The van der Waals surface area contributed by atoms with E-state index in [-0.39, 0.29) is 12.3 Å². The number of Topliss-reactive ketones (excluding diaryl/α,β-unsaturated/α-hetero) is 1. The molecule has 2 heterocycles. The molecular formula is C11H11N5O2. The summed E-state index contributed by atoms with van der Waals surface area (Å²) in [4.78, 5) is 32.5. The van der Waals surface area contributed by atoms with Crippen molar-refractivity contribution in [1.82, 2.24) is 4.98 Å². The van der Waals surface area contributed by atoms with Crippen molar-refractivity contribution >= 4 is 17.5 Å². The summed E-state index contributed by atoms with van der Waals surface area (Å²) in [5.74, 6) is -0.432. The van der Waals surface area contributed by atoms with E-state index in [1.807, 2.05) is 0 Å². The van der Waals surface area contributed by atoms with E-state index in [1.165, 1.54) is 18.0 Å². The number of anilines is 1. The summed E-state index contributed by atoms with van der Waals surface area (Å²) in [7, 11) is 1.55. The third-order valence-corrected chi connectivity index (χ3v) is 3.08. The second kappa shape index (κ2) is 4.12. The normalized spacial score (nSPS) is 22.4. The van der Waals surface area contributed by atoms with E-state index in [1.54, 1.807) is 19.2 Å². The first-order valence-electron chi connectivity index (χ1n) is 5.31. The van der Waals surface area contributed by atoms with Crippen molar-refractivity contribution in [3.8, 4) is 0 Å². The van der Waals surface area contributed by atoms with Crippen LogP contribution in [0, 0.1) is 5.41 Å². The highest BCUT2D eigenvalue weighted by Gasteiger charge is 2.48. The molecule has 0 N–H and O–H groups in total. The molecule has 7 heteroatoms. The number of carbonyl (C=O) groups is 2. The molecule has 0 saturated carbocycles. The Bertz CT molecular complexity index is 579. The number of aromatic nitrogens is 1. The van der Waals surface area contributed by atoms with Crippen LogP contribution in [0.1, 0.15) is 17.3 Å². The number of fused-ring (bicyclic) bond motifs is 1. The Morgan fingerprint density at radius 2 is 2.28 bits per heavy atom. The van der Waals surface area contributed by atoms with Gasteiger partial charge < -0.3 is 0 Å². The zero-order valence-electron chi connectivity index (χ0n) is 9.99. The smallest absolute Gasteiger partial charge is 0.241 e. The molecule has 1 unspecified atom stereocenters. The number of carbonyl (C=O) groups excluding carboxylic acids is 2. The van der Waals surface area contributed by atoms with Gasteiger partial charge in [-0.25, -0.2) is 4.98 Å². The Balaban J connectivity index is 2.58. The summed E-state index contributed by atoms with van der Waals surface area (Å²) in [6, 6.07) is 3.25. The highest BCUT2D eigenvalue weighted by Crippen LogP contribution is 2.35. The number of pyridine rings is 1. The summed E-state index contributed by atoms with van der Waals surface area (Å²) >= 11 is 0. The molecule has 1 aliphatic heterocycles. The summed E-state index contributed by atoms with van der Waals surface area (Å²) in [5, 5.41) is 3.37. The lowest BCUT2D eigenvalue weighted by molar-refractivity contribution is -0.124. The molecule has 2 rings (SSSR count). The zero-order chi connectivity index (χ0) is 13.3. The van der Waals surface area contributed by atoms with Gasteiger partial charge in [-0.15, -0.1) is 0 Å². The van der Waals surface area contributed by atoms with Crippen molar-refractivity contribution in [2.24, 2.45) is 10.5 Å². The molecule has 0 saturated heterocycles. The molecule has 18 heavy (non-hydrogen) atoms. The third kappa shape index (κ3) is 1.53. The minimum atomic E-state index is -1.35. The number of ketones is 1. The number of nitrogens with zero attached hydrogens (tertiary/aromatic N) is 5. The van der Waals surface area contributed by atoms with Crippen molar-refractivity contribution in [3.63, 3.8) is 0 Å². The van der Waals surface area contributed by atoms with E-state index in [0.717, 1.165) is 0 Å². The van der Waals surface area contributed by atoms with Gasteiger partial charge in [-0.3, -0.25) is 14.5 Å². The lowest BCUT2D eigenvalue weighted by Gasteiger charge is -2.35. The molecule has 0 fully saturated rings. The van der Waals surface area contributed by atoms with E-state index < -0.39 is 11.3 Å². The third-order valence-electron chi connectivity index (χ3n) is 3.08. The first-order valence-corrected chi connectivity index (χ1v) is 5.31.